The van der Waals surface area contributed by atoms with Gasteiger partial charge in [-0.25, -0.2) is 4.98 Å². The Hall–Kier alpha value is -2.13. The van der Waals surface area contributed by atoms with Crippen LogP contribution >= 0.6 is 15.9 Å². The minimum absolute atomic E-state index is 0.262. The molecule has 18 heavy (non-hydrogen) atoms. The zero-order valence-electron chi connectivity index (χ0n) is 9.49. The number of nitrogens with one attached hydrogen (secondary N) is 2. The molecule has 2 N–H and O–H groups in total. The molecular formula is C12H9BrN4O. The smallest absolute Gasteiger partial charge is 0.267 e. The first kappa shape index (κ1) is 12.3. The molecule has 0 atom stereocenters. The molecule has 0 fully saturated rings. The first-order valence-corrected chi connectivity index (χ1v) is 5.92. The van der Waals surface area contributed by atoms with Gasteiger partial charge in [-0.05, 0) is 40.5 Å². The number of aryl methyl sites for hydroxylation is 1. The Morgan fingerprint density at radius 2 is 2.28 bits per heavy atom. The number of aromatic amines is 1. The van der Waals surface area contributed by atoms with Crippen molar-refractivity contribution in [2.24, 2.45) is 0 Å². The van der Waals surface area contributed by atoms with Gasteiger partial charge < -0.3 is 10.3 Å². The summed E-state index contributed by atoms with van der Waals surface area (Å²) in [6, 6.07) is 7.35. The van der Waals surface area contributed by atoms with Crippen LogP contribution in [0, 0.1) is 18.3 Å². The van der Waals surface area contributed by atoms with Gasteiger partial charge in [0.05, 0.1) is 18.0 Å². The van der Waals surface area contributed by atoms with Gasteiger partial charge in [0.15, 0.2) is 5.82 Å². The Kier molecular flexibility index (Phi) is 3.44. The van der Waals surface area contributed by atoms with Crippen LogP contribution in [0.3, 0.4) is 0 Å². The molecule has 0 radical (unpaired) electrons. The fourth-order valence-corrected chi connectivity index (χ4v) is 1.74. The zero-order chi connectivity index (χ0) is 13.1. The number of nitriles is 1. The predicted octanol–water partition coefficient (Wildman–Crippen LogP) is 2.46. The third kappa shape index (κ3) is 2.41. The van der Waals surface area contributed by atoms with Crippen LogP contribution in [-0.4, -0.2) is 9.97 Å². The van der Waals surface area contributed by atoms with Gasteiger partial charge in [0.2, 0.25) is 0 Å². The number of nitrogens with zero attached hydrogens (tertiary/aromatic N) is 2. The molecule has 0 aliphatic heterocycles. The molecule has 0 aliphatic carbocycles. The highest BCUT2D eigenvalue weighted by Gasteiger charge is 2.07. The molecule has 0 saturated carbocycles. The number of aromatic nitrogens is 2. The van der Waals surface area contributed by atoms with E-state index in [1.165, 1.54) is 6.33 Å². The predicted molar refractivity (Wildman–Crippen MR) is 71.7 cm³/mol. The van der Waals surface area contributed by atoms with Crippen LogP contribution in [0.4, 0.5) is 11.5 Å². The third-order valence-corrected chi connectivity index (χ3v) is 3.15. The highest BCUT2D eigenvalue weighted by atomic mass is 79.9. The Morgan fingerprint density at radius 3 is 3.00 bits per heavy atom. The Balaban J connectivity index is 2.43. The summed E-state index contributed by atoms with van der Waals surface area (Å²) >= 11 is 3.16. The average Bonchev–Trinajstić information content (AvgIpc) is 2.37. The van der Waals surface area contributed by atoms with Crippen molar-refractivity contribution in [3.63, 3.8) is 0 Å². The molecular weight excluding hydrogens is 296 g/mol. The Labute approximate surface area is 112 Å². The van der Waals surface area contributed by atoms with Crippen molar-refractivity contribution in [2.45, 2.75) is 6.92 Å². The third-order valence-electron chi connectivity index (χ3n) is 2.42. The molecule has 90 valence electrons. The lowest BCUT2D eigenvalue weighted by atomic mass is 10.1. The largest absolute Gasteiger partial charge is 0.339 e. The number of rotatable bonds is 2. The maximum absolute atomic E-state index is 11.4. The molecule has 1 heterocycles. The number of hydrogen-bond acceptors (Lipinski definition) is 4. The standard InChI is InChI=1S/C12H9BrN4O/c1-7-2-3-8(5-14)4-9(7)17-11-10(13)12(18)16-6-15-11/h2-4,6H,1H3,(H2,15,16,17,18). The molecule has 5 nitrogen and oxygen atoms in total. The van der Waals surface area contributed by atoms with E-state index in [1.54, 1.807) is 12.1 Å². The van der Waals surface area contributed by atoms with Crippen LogP contribution in [0.2, 0.25) is 0 Å². The van der Waals surface area contributed by atoms with E-state index in [0.717, 1.165) is 11.3 Å². The number of hydrogen-bond donors (Lipinski definition) is 2. The molecule has 0 unspecified atom stereocenters. The molecule has 0 bridgehead atoms. The molecule has 0 spiro atoms. The normalized spacial score (nSPS) is 9.83. The summed E-state index contributed by atoms with van der Waals surface area (Å²) in [5, 5.41) is 11.9. The summed E-state index contributed by atoms with van der Waals surface area (Å²) in [6.07, 6.45) is 1.32. The van der Waals surface area contributed by atoms with Crippen molar-refractivity contribution in [3.8, 4) is 6.07 Å². The summed E-state index contributed by atoms with van der Waals surface area (Å²) in [5.74, 6) is 0.414. The highest BCUT2D eigenvalue weighted by Crippen LogP contribution is 2.23. The fraction of sp³-hybridized carbons (Fsp3) is 0.0833. The van der Waals surface area contributed by atoms with Crippen LogP contribution < -0.4 is 10.9 Å². The lowest BCUT2D eigenvalue weighted by Crippen LogP contribution is -2.10. The van der Waals surface area contributed by atoms with Crippen molar-refractivity contribution in [1.29, 1.82) is 5.26 Å². The van der Waals surface area contributed by atoms with Crippen LogP contribution in [-0.2, 0) is 0 Å². The lowest BCUT2D eigenvalue weighted by Gasteiger charge is -2.09. The van der Waals surface area contributed by atoms with Gasteiger partial charge >= 0.3 is 0 Å². The highest BCUT2D eigenvalue weighted by molar-refractivity contribution is 9.10. The lowest BCUT2D eigenvalue weighted by molar-refractivity contribution is 1.10. The Bertz CT molecular complexity index is 687. The van der Waals surface area contributed by atoms with E-state index in [9.17, 15) is 4.79 Å². The Morgan fingerprint density at radius 1 is 1.50 bits per heavy atom. The van der Waals surface area contributed by atoms with Crippen molar-refractivity contribution in [3.05, 3.63) is 50.5 Å². The molecule has 0 saturated heterocycles. The minimum Gasteiger partial charge on any atom is -0.339 e. The number of halogens is 1. The second-order valence-corrected chi connectivity index (χ2v) is 4.45. The molecule has 2 aromatic rings. The number of anilines is 2. The van der Waals surface area contributed by atoms with E-state index in [-0.39, 0.29) is 5.56 Å². The molecule has 1 aromatic carbocycles. The fourth-order valence-electron chi connectivity index (χ4n) is 1.42. The molecule has 0 amide bonds. The summed E-state index contributed by atoms with van der Waals surface area (Å²) in [7, 11) is 0. The van der Waals surface area contributed by atoms with E-state index in [4.69, 9.17) is 5.26 Å². The molecule has 1 aromatic heterocycles. The minimum atomic E-state index is -0.262. The van der Waals surface area contributed by atoms with Crippen LogP contribution in [0.25, 0.3) is 0 Å². The molecule has 6 heteroatoms. The number of H-pyrrole nitrogens is 1. The summed E-state index contributed by atoms with van der Waals surface area (Å²) in [5.41, 5.74) is 1.99. The van der Waals surface area contributed by atoms with Gasteiger partial charge in [0.1, 0.15) is 4.47 Å². The van der Waals surface area contributed by atoms with Crippen LogP contribution in [0.5, 0.6) is 0 Å². The summed E-state index contributed by atoms with van der Waals surface area (Å²) in [6.45, 7) is 1.91. The van der Waals surface area contributed by atoms with E-state index in [2.05, 4.69) is 37.3 Å². The maximum atomic E-state index is 11.4. The van der Waals surface area contributed by atoms with E-state index < -0.39 is 0 Å². The topological polar surface area (TPSA) is 81.6 Å². The van der Waals surface area contributed by atoms with Gasteiger partial charge in [0.25, 0.3) is 5.56 Å². The first-order chi connectivity index (χ1) is 8.61. The van der Waals surface area contributed by atoms with Crippen molar-refractivity contribution in [1.82, 2.24) is 9.97 Å². The van der Waals surface area contributed by atoms with E-state index in [0.29, 0.717) is 15.9 Å². The number of benzene rings is 1. The van der Waals surface area contributed by atoms with Gasteiger partial charge in [-0.15, -0.1) is 0 Å². The summed E-state index contributed by atoms with van der Waals surface area (Å²) in [4.78, 5) is 17.9. The van der Waals surface area contributed by atoms with E-state index >= 15 is 0 Å². The van der Waals surface area contributed by atoms with Crippen LogP contribution in [0.15, 0.2) is 33.8 Å². The van der Waals surface area contributed by atoms with Crippen molar-refractivity contribution < 1.29 is 0 Å². The van der Waals surface area contributed by atoms with Crippen molar-refractivity contribution >= 4 is 27.4 Å². The zero-order valence-corrected chi connectivity index (χ0v) is 11.1. The second-order valence-electron chi connectivity index (χ2n) is 3.66. The van der Waals surface area contributed by atoms with Gasteiger partial charge in [0, 0.05) is 5.69 Å². The maximum Gasteiger partial charge on any atom is 0.267 e. The van der Waals surface area contributed by atoms with Gasteiger partial charge in [-0.1, -0.05) is 6.07 Å². The molecule has 0 aliphatic rings. The SMILES string of the molecule is Cc1ccc(C#N)cc1Nc1nc[nH]c(=O)c1Br. The van der Waals surface area contributed by atoms with Crippen molar-refractivity contribution in [2.75, 3.05) is 5.32 Å². The van der Waals surface area contributed by atoms with Gasteiger partial charge in [-0.3, -0.25) is 4.79 Å². The van der Waals surface area contributed by atoms with Crippen LogP contribution in [0.1, 0.15) is 11.1 Å². The monoisotopic (exact) mass is 304 g/mol. The quantitative estimate of drug-likeness (QED) is 0.893. The van der Waals surface area contributed by atoms with E-state index in [1.807, 2.05) is 13.0 Å². The second kappa shape index (κ2) is 5.02. The molecule has 2 rings (SSSR count). The first-order valence-electron chi connectivity index (χ1n) is 5.13. The summed E-state index contributed by atoms with van der Waals surface area (Å²) < 4.78 is 0.326. The van der Waals surface area contributed by atoms with Gasteiger partial charge in [-0.2, -0.15) is 5.26 Å². The average molecular weight is 305 g/mol.